The van der Waals surface area contributed by atoms with Gasteiger partial charge in [-0.2, -0.15) is 0 Å². The average molecular weight is 230 g/mol. The van der Waals surface area contributed by atoms with Crippen LogP contribution in [0, 0.1) is 19.7 Å². The minimum atomic E-state index is -0.206. The predicted molar refractivity (Wildman–Crippen MR) is 68.7 cm³/mol. The second-order valence-corrected chi connectivity index (χ2v) is 4.10. The molecule has 0 aliphatic carbocycles. The molecule has 0 bridgehead atoms. The van der Waals surface area contributed by atoms with E-state index >= 15 is 0 Å². The molecule has 1 aromatic carbocycles. The molecule has 1 heterocycles. The number of hydrogen-bond donors (Lipinski definition) is 1. The van der Waals surface area contributed by atoms with E-state index in [2.05, 4.69) is 16.4 Å². The van der Waals surface area contributed by atoms with E-state index in [1.807, 2.05) is 20.9 Å². The van der Waals surface area contributed by atoms with Crippen LogP contribution in [0.1, 0.15) is 11.1 Å². The van der Waals surface area contributed by atoms with Gasteiger partial charge in [0.2, 0.25) is 0 Å². The van der Waals surface area contributed by atoms with Crippen molar-refractivity contribution >= 4 is 5.82 Å². The standard InChI is InChI=1S/C14H15FN2/c1-9-7-12(15)4-5-13(9)11-6-10(2)14(16-3)17-8-11/h4-8H,1-3H3,(H,16,17). The van der Waals surface area contributed by atoms with Crippen molar-refractivity contribution < 1.29 is 4.39 Å². The zero-order valence-electron chi connectivity index (χ0n) is 10.2. The Morgan fingerprint density at radius 1 is 1.12 bits per heavy atom. The normalized spacial score (nSPS) is 10.4. The molecule has 17 heavy (non-hydrogen) atoms. The second-order valence-electron chi connectivity index (χ2n) is 4.10. The summed E-state index contributed by atoms with van der Waals surface area (Å²) in [6.07, 6.45) is 1.80. The monoisotopic (exact) mass is 230 g/mol. The molecule has 1 aromatic heterocycles. The smallest absolute Gasteiger partial charge is 0.128 e. The predicted octanol–water partition coefficient (Wildman–Crippen LogP) is 3.55. The Labute approximate surface area is 101 Å². The van der Waals surface area contributed by atoms with Crippen LogP contribution in [0.4, 0.5) is 10.2 Å². The highest BCUT2D eigenvalue weighted by atomic mass is 19.1. The van der Waals surface area contributed by atoms with Gasteiger partial charge in [-0.3, -0.25) is 0 Å². The van der Waals surface area contributed by atoms with Crippen LogP contribution >= 0.6 is 0 Å². The molecule has 0 aliphatic heterocycles. The summed E-state index contributed by atoms with van der Waals surface area (Å²) < 4.78 is 13.0. The fourth-order valence-corrected chi connectivity index (χ4v) is 1.93. The third-order valence-electron chi connectivity index (χ3n) is 2.81. The van der Waals surface area contributed by atoms with E-state index in [-0.39, 0.29) is 5.82 Å². The Bertz CT molecular complexity index is 550. The molecule has 0 spiro atoms. The summed E-state index contributed by atoms with van der Waals surface area (Å²) in [4.78, 5) is 4.33. The fourth-order valence-electron chi connectivity index (χ4n) is 1.93. The van der Waals surface area contributed by atoms with E-state index in [1.165, 1.54) is 12.1 Å². The van der Waals surface area contributed by atoms with Crippen LogP contribution in [0.2, 0.25) is 0 Å². The van der Waals surface area contributed by atoms with Crippen molar-refractivity contribution in [3.63, 3.8) is 0 Å². The molecule has 2 nitrogen and oxygen atoms in total. The van der Waals surface area contributed by atoms with Crippen molar-refractivity contribution in [1.82, 2.24) is 4.98 Å². The van der Waals surface area contributed by atoms with Crippen molar-refractivity contribution in [3.05, 3.63) is 47.4 Å². The van der Waals surface area contributed by atoms with Gasteiger partial charge in [-0.1, -0.05) is 6.07 Å². The van der Waals surface area contributed by atoms with Gasteiger partial charge in [0.15, 0.2) is 0 Å². The average Bonchev–Trinajstić information content (AvgIpc) is 2.29. The molecule has 0 saturated carbocycles. The number of halogens is 1. The van der Waals surface area contributed by atoms with Crippen LogP contribution in [-0.4, -0.2) is 12.0 Å². The zero-order valence-corrected chi connectivity index (χ0v) is 10.2. The SMILES string of the molecule is CNc1ncc(-c2ccc(F)cc2C)cc1C. The zero-order chi connectivity index (χ0) is 12.4. The second kappa shape index (κ2) is 4.53. The Morgan fingerprint density at radius 2 is 1.88 bits per heavy atom. The minimum Gasteiger partial charge on any atom is -0.373 e. The number of anilines is 1. The van der Waals surface area contributed by atoms with Crippen molar-refractivity contribution in [2.24, 2.45) is 0 Å². The molecule has 0 aliphatic rings. The summed E-state index contributed by atoms with van der Waals surface area (Å²) in [6, 6.07) is 6.86. The number of aromatic nitrogens is 1. The van der Waals surface area contributed by atoms with E-state index in [9.17, 15) is 4.39 Å². The molecule has 0 atom stereocenters. The highest BCUT2D eigenvalue weighted by molar-refractivity contribution is 5.68. The lowest BCUT2D eigenvalue weighted by molar-refractivity contribution is 0.627. The molecule has 88 valence electrons. The largest absolute Gasteiger partial charge is 0.373 e. The third kappa shape index (κ3) is 2.28. The van der Waals surface area contributed by atoms with Gasteiger partial charge in [0, 0.05) is 18.8 Å². The summed E-state index contributed by atoms with van der Waals surface area (Å²) in [5.41, 5.74) is 4.03. The maximum Gasteiger partial charge on any atom is 0.128 e. The van der Waals surface area contributed by atoms with Gasteiger partial charge in [0.25, 0.3) is 0 Å². The van der Waals surface area contributed by atoms with Gasteiger partial charge < -0.3 is 5.32 Å². The van der Waals surface area contributed by atoms with Gasteiger partial charge in [-0.25, -0.2) is 9.37 Å². The molecule has 0 saturated heterocycles. The van der Waals surface area contributed by atoms with E-state index in [0.29, 0.717) is 0 Å². The number of hydrogen-bond acceptors (Lipinski definition) is 2. The Balaban J connectivity index is 2.50. The van der Waals surface area contributed by atoms with Crippen molar-refractivity contribution in [1.29, 1.82) is 0 Å². The van der Waals surface area contributed by atoms with E-state index in [4.69, 9.17) is 0 Å². The molecule has 0 amide bonds. The summed E-state index contributed by atoms with van der Waals surface area (Å²) in [7, 11) is 1.85. The highest BCUT2D eigenvalue weighted by Crippen LogP contribution is 2.25. The molecule has 1 N–H and O–H groups in total. The van der Waals surface area contributed by atoms with Crippen molar-refractivity contribution in [2.75, 3.05) is 12.4 Å². The van der Waals surface area contributed by atoms with Gasteiger partial charge >= 0.3 is 0 Å². The lowest BCUT2D eigenvalue weighted by atomic mass is 10.0. The van der Waals surface area contributed by atoms with Gasteiger partial charge in [-0.15, -0.1) is 0 Å². The Kier molecular flexibility index (Phi) is 3.09. The van der Waals surface area contributed by atoms with Crippen LogP contribution in [0.3, 0.4) is 0 Å². The van der Waals surface area contributed by atoms with Crippen LogP contribution in [0.15, 0.2) is 30.5 Å². The fraction of sp³-hybridized carbons (Fsp3) is 0.214. The van der Waals surface area contributed by atoms with Gasteiger partial charge in [-0.05, 0) is 48.7 Å². The number of aryl methyl sites for hydroxylation is 2. The molecule has 2 rings (SSSR count). The molecule has 0 radical (unpaired) electrons. The maximum atomic E-state index is 13.0. The van der Waals surface area contributed by atoms with E-state index in [1.54, 1.807) is 12.3 Å². The third-order valence-corrected chi connectivity index (χ3v) is 2.81. The highest BCUT2D eigenvalue weighted by Gasteiger charge is 2.05. The van der Waals surface area contributed by atoms with E-state index in [0.717, 1.165) is 28.1 Å². The lowest BCUT2D eigenvalue weighted by Gasteiger charge is -2.09. The van der Waals surface area contributed by atoms with Crippen molar-refractivity contribution in [2.45, 2.75) is 13.8 Å². The summed E-state index contributed by atoms with van der Waals surface area (Å²) in [5, 5.41) is 3.03. The van der Waals surface area contributed by atoms with Gasteiger partial charge in [0.05, 0.1) is 0 Å². The number of benzene rings is 1. The van der Waals surface area contributed by atoms with Gasteiger partial charge in [0.1, 0.15) is 11.6 Å². The lowest BCUT2D eigenvalue weighted by Crippen LogP contribution is -1.96. The summed E-state index contributed by atoms with van der Waals surface area (Å²) >= 11 is 0. The number of pyridine rings is 1. The maximum absolute atomic E-state index is 13.0. The number of nitrogens with one attached hydrogen (secondary N) is 1. The Hall–Kier alpha value is -1.90. The number of rotatable bonds is 2. The summed E-state index contributed by atoms with van der Waals surface area (Å²) in [5.74, 6) is 0.663. The van der Waals surface area contributed by atoms with E-state index < -0.39 is 0 Å². The first kappa shape index (κ1) is 11.6. The molecule has 2 aromatic rings. The molecule has 0 unspecified atom stereocenters. The first-order valence-corrected chi connectivity index (χ1v) is 5.52. The Morgan fingerprint density at radius 3 is 2.47 bits per heavy atom. The molecule has 0 fully saturated rings. The van der Waals surface area contributed by atoms with Crippen LogP contribution in [0.25, 0.3) is 11.1 Å². The van der Waals surface area contributed by atoms with Crippen molar-refractivity contribution in [3.8, 4) is 11.1 Å². The number of nitrogens with zero attached hydrogens (tertiary/aromatic N) is 1. The van der Waals surface area contributed by atoms with Crippen LogP contribution < -0.4 is 5.32 Å². The molecule has 3 heteroatoms. The first-order chi connectivity index (χ1) is 8.11. The molecular weight excluding hydrogens is 215 g/mol. The minimum absolute atomic E-state index is 0.206. The first-order valence-electron chi connectivity index (χ1n) is 5.52. The summed E-state index contributed by atoms with van der Waals surface area (Å²) in [6.45, 7) is 3.90. The van der Waals surface area contributed by atoms with Crippen LogP contribution in [-0.2, 0) is 0 Å². The quantitative estimate of drug-likeness (QED) is 0.853. The van der Waals surface area contributed by atoms with Crippen LogP contribution in [0.5, 0.6) is 0 Å². The topological polar surface area (TPSA) is 24.9 Å². The molecular formula is C14H15FN2.